The fraction of sp³-hybridized carbons (Fsp3) is 0.538. The zero-order valence-electron chi connectivity index (χ0n) is 13.4. The molecule has 3 heterocycles. The van der Waals surface area contributed by atoms with Gasteiger partial charge in [-0.15, -0.1) is 0 Å². The van der Waals surface area contributed by atoms with E-state index in [0.717, 1.165) is 15.9 Å². The molecule has 1 fully saturated rings. The molecule has 1 aliphatic rings. The number of aliphatic hydroxyl groups is 2. The van der Waals surface area contributed by atoms with E-state index in [-0.39, 0.29) is 11.6 Å². The monoisotopic (exact) mass is 371 g/mol. The average molecular weight is 371 g/mol. The predicted molar refractivity (Wildman–Crippen MR) is 87.0 cm³/mol. The summed E-state index contributed by atoms with van der Waals surface area (Å²) < 4.78 is 12.3. The van der Waals surface area contributed by atoms with Crippen LogP contribution in [0.2, 0.25) is 0 Å². The first-order valence-electron chi connectivity index (χ1n) is 7.29. The lowest BCUT2D eigenvalue weighted by Crippen LogP contribution is -2.41. The number of rotatable bonds is 3. The number of anilines is 1. The number of ether oxygens (including phenoxy) is 2. The smallest absolute Gasteiger partial charge is 0.409 e. The van der Waals surface area contributed by atoms with Gasteiger partial charge >= 0.3 is 11.0 Å². The fourth-order valence-corrected chi connectivity index (χ4v) is 3.34. The van der Waals surface area contributed by atoms with Gasteiger partial charge in [0.1, 0.15) is 12.2 Å². The number of thiazole rings is 1. The summed E-state index contributed by atoms with van der Waals surface area (Å²) in [5.74, 6) is -0.0409. The zero-order chi connectivity index (χ0) is 18.3. The lowest BCUT2D eigenvalue weighted by molar-refractivity contribution is -0.0530. The van der Waals surface area contributed by atoms with Gasteiger partial charge in [-0.1, -0.05) is 11.3 Å². The number of hydrogen-bond acceptors (Lipinski definition) is 10. The molecule has 0 radical (unpaired) electrons. The molecule has 0 spiro atoms. The van der Waals surface area contributed by atoms with Crippen molar-refractivity contribution in [3.8, 4) is 0 Å². The molecule has 11 nitrogen and oxygen atoms in total. The summed E-state index contributed by atoms with van der Waals surface area (Å²) in [6.45, 7) is -0.507. The summed E-state index contributed by atoms with van der Waals surface area (Å²) in [6, 6.07) is 0. The molecule has 0 bridgehead atoms. The topological polar surface area (TPSA) is 153 Å². The van der Waals surface area contributed by atoms with Crippen molar-refractivity contribution in [1.29, 1.82) is 0 Å². The number of aromatic nitrogens is 3. The number of aliphatic hydroxyl groups excluding tert-OH is 2. The summed E-state index contributed by atoms with van der Waals surface area (Å²) in [6.07, 6.45) is -4.02. The van der Waals surface area contributed by atoms with Crippen LogP contribution in [0.1, 0.15) is 6.23 Å². The molecular weight excluding hydrogens is 354 g/mol. The SMILES string of the molecule is CN(C)C(=O)O[C@@H]1[C@@H](O)[C@H](n2c(=O)sc3cnc(N)nc32)O[C@@H]1CO. The predicted octanol–water partition coefficient (Wildman–Crippen LogP) is -1.25. The first-order chi connectivity index (χ1) is 11.8. The molecule has 136 valence electrons. The van der Waals surface area contributed by atoms with E-state index in [9.17, 15) is 19.8 Å². The van der Waals surface area contributed by atoms with Gasteiger partial charge in [-0.2, -0.15) is 4.98 Å². The molecule has 3 rings (SSSR count). The van der Waals surface area contributed by atoms with Crippen LogP contribution in [0.3, 0.4) is 0 Å². The zero-order valence-corrected chi connectivity index (χ0v) is 14.2. The van der Waals surface area contributed by atoms with Crippen LogP contribution in [-0.4, -0.2) is 74.8 Å². The molecule has 12 heteroatoms. The number of nitrogens with zero attached hydrogens (tertiary/aromatic N) is 4. The van der Waals surface area contributed by atoms with Crippen LogP contribution in [0.25, 0.3) is 10.3 Å². The molecule has 2 aromatic rings. The van der Waals surface area contributed by atoms with E-state index in [2.05, 4.69) is 9.97 Å². The maximum atomic E-state index is 12.3. The van der Waals surface area contributed by atoms with E-state index in [4.69, 9.17) is 15.2 Å². The summed E-state index contributed by atoms with van der Waals surface area (Å²) >= 11 is 0.862. The van der Waals surface area contributed by atoms with Crippen LogP contribution in [0.5, 0.6) is 0 Å². The lowest BCUT2D eigenvalue weighted by atomic mass is 10.1. The Bertz CT molecular complexity index is 851. The van der Waals surface area contributed by atoms with Gasteiger partial charge in [0.25, 0.3) is 0 Å². The summed E-state index contributed by atoms with van der Waals surface area (Å²) in [7, 11) is 2.96. The Morgan fingerprint density at radius 3 is 2.92 bits per heavy atom. The molecule has 4 N–H and O–H groups in total. The molecule has 0 saturated carbocycles. The minimum atomic E-state index is -1.38. The van der Waals surface area contributed by atoms with Gasteiger partial charge in [-0.25, -0.2) is 9.78 Å². The first kappa shape index (κ1) is 17.5. The van der Waals surface area contributed by atoms with Gasteiger partial charge in [-0.3, -0.25) is 9.36 Å². The fourth-order valence-electron chi connectivity index (χ4n) is 2.52. The van der Waals surface area contributed by atoms with Gasteiger partial charge in [-0.05, 0) is 0 Å². The maximum absolute atomic E-state index is 12.3. The first-order valence-corrected chi connectivity index (χ1v) is 8.11. The van der Waals surface area contributed by atoms with Crippen molar-refractivity contribution in [1.82, 2.24) is 19.4 Å². The van der Waals surface area contributed by atoms with Crippen molar-refractivity contribution in [2.75, 3.05) is 26.4 Å². The molecule has 1 aliphatic heterocycles. The van der Waals surface area contributed by atoms with Crippen LogP contribution in [0, 0.1) is 0 Å². The highest BCUT2D eigenvalue weighted by Gasteiger charge is 2.48. The van der Waals surface area contributed by atoms with Crippen LogP contribution in [-0.2, 0) is 9.47 Å². The van der Waals surface area contributed by atoms with Crippen molar-refractivity contribution < 1.29 is 24.5 Å². The summed E-state index contributed by atoms with van der Waals surface area (Å²) in [4.78, 5) is 32.6. The van der Waals surface area contributed by atoms with Crippen molar-refractivity contribution in [3.63, 3.8) is 0 Å². The van der Waals surface area contributed by atoms with Crippen molar-refractivity contribution in [3.05, 3.63) is 15.9 Å². The largest absolute Gasteiger partial charge is 0.440 e. The van der Waals surface area contributed by atoms with Crippen molar-refractivity contribution in [2.24, 2.45) is 0 Å². The van der Waals surface area contributed by atoms with E-state index < -0.39 is 42.1 Å². The molecule has 0 aromatic carbocycles. The third-order valence-electron chi connectivity index (χ3n) is 3.72. The summed E-state index contributed by atoms with van der Waals surface area (Å²) in [5.41, 5.74) is 5.76. The second kappa shape index (κ2) is 6.55. The summed E-state index contributed by atoms with van der Waals surface area (Å²) in [5, 5.41) is 20.0. The molecule has 1 amide bonds. The van der Waals surface area contributed by atoms with Crippen LogP contribution in [0.15, 0.2) is 11.0 Å². The number of fused-ring (bicyclic) bond motifs is 1. The Morgan fingerprint density at radius 1 is 1.56 bits per heavy atom. The Hall–Kier alpha value is -2.28. The van der Waals surface area contributed by atoms with E-state index in [1.54, 1.807) is 0 Å². The Morgan fingerprint density at radius 2 is 2.28 bits per heavy atom. The minimum absolute atomic E-state index is 0.0409. The maximum Gasteiger partial charge on any atom is 0.409 e. The minimum Gasteiger partial charge on any atom is -0.440 e. The Labute approximate surface area is 145 Å². The molecule has 0 aliphatic carbocycles. The molecule has 0 unspecified atom stereocenters. The Kier molecular flexibility index (Phi) is 4.60. The highest BCUT2D eigenvalue weighted by Crippen LogP contribution is 2.33. The third kappa shape index (κ3) is 3.04. The van der Waals surface area contributed by atoms with Gasteiger partial charge in [0, 0.05) is 14.1 Å². The van der Waals surface area contributed by atoms with Crippen LogP contribution >= 0.6 is 11.3 Å². The van der Waals surface area contributed by atoms with Gasteiger partial charge in [0.05, 0.1) is 17.5 Å². The van der Waals surface area contributed by atoms with Crippen molar-refractivity contribution >= 4 is 33.7 Å². The Balaban J connectivity index is 1.98. The quantitative estimate of drug-likeness (QED) is 0.600. The number of nitrogen functional groups attached to an aromatic ring is 1. The van der Waals surface area contributed by atoms with Gasteiger partial charge in [0.15, 0.2) is 18.0 Å². The normalized spacial score (nSPS) is 26.1. The van der Waals surface area contributed by atoms with E-state index in [0.29, 0.717) is 4.70 Å². The van der Waals surface area contributed by atoms with Gasteiger partial charge < -0.3 is 30.3 Å². The molecule has 2 aromatic heterocycles. The number of amides is 1. The number of hydrogen-bond donors (Lipinski definition) is 3. The highest BCUT2D eigenvalue weighted by molar-refractivity contribution is 7.16. The molecule has 4 atom stereocenters. The highest BCUT2D eigenvalue weighted by atomic mass is 32.1. The average Bonchev–Trinajstić information content (AvgIpc) is 3.04. The number of carbonyl (C=O) groups excluding carboxylic acids is 1. The lowest BCUT2D eigenvalue weighted by Gasteiger charge is -2.21. The van der Waals surface area contributed by atoms with E-state index in [1.807, 2.05) is 0 Å². The third-order valence-corrected chi connectivity index (χ3v) is 4.60. The standard InChI is InChI=1S/C13H17N5O6S/c1-17(2)12(21)24-8-5(4-19)23-10(7(8)20)18-9-6(25-13(18)22)3-15-11(14)16-9/h3,5,7-8,10,19-20H,4H2,1-2H3,(H2,14,15,16)/t5-,7-,8+,10-/m1/s1. The molecule has 25 heavy (non-hydrogen) atoms. The molecule has 1 saturated heterocycles. The van der Waals surface area contributed by atoms with Gasteiger partial charge in [0.2, 0.25) is 5.95 Å². The number of carbonyl (C=O) groups is 1. The second-order valence-corrected chi connectivity index (χ2v) is 6.63. The van der Waals surface area contributed by atoms with E-state index in [1.165, 1.54) is 25.2 Å². The van der Waals surface area contributed by atoms with Crippen LogP contribution < -0.4 is 10.6 Å². The van der Waals surface area contributed by atoms with E-state index >= 15 is 0 Å². The van der Waals surface area contributed by atoms with Crippen molar-refractivity contribution in [2.45, 2.75) is 24.5 Å². The number of nitrogens with two attached hydrogens (primary N) is 1. The second-order valence-electron chi connectivity index (χ2n) is 5.64. The van der Waals surface area contributed by atoms with Crippen LogP contribution in [0.4, 0.5) is 10.7 Å². The molecular formula is C13H17N5O6S.